The first-order valence-electron chi connectivity index (χ1n) is 9.63. The number of anilines is 1. The molecule has 6 nitrogen and oxygen atoms in total. The second kappa shape index (κ2) is 9.80. The number of hydrogen-bond donors (Lipinski definition) is 2. The summed E-state index contributed by atoms with van der Waals surface area (Å²) >= 11 is 0. The molecule has 0 aliphatic carbocycles. The van der Waals surface area contributed by atoms with Crippen LogP contribution in [-0.2, 0) is 17.6 Å². The van der Waals surface area contributed by atoms with Crippen LogP contribution in [0.5, 0.6) is 0 Å². The summed E-state index contributed by atoms with van der Waals surface area (Å²) in [6.07, 6.45) is 1.36. The third kappa shape index (κ3) is 5.42. The van der Waals surface area contributed by atoms with Crippen LogP contribution in [0.2, 0.25) is 0 Å². The molecular formula is C22H20F3N5O. The molecule has 0 fully saturated rings. The largest absolute Gasteiger partial charge is 0.382 e. The normalized spacial score (nSPS) is 10.6. The lowest BCUT2D eigenvalue weighted by Gasteiger charge is -2.05. The standard InChI is InChI=1S/C22H20F3N5O/c23-15-5-7-16(8-6-15)30-22(27)17(13-26)20(29-30)2-1-11-28-21(31)10-4-14-3-9-18(24)19(25)12-14/h3,5-9,12H,1-2,4,10-11,27H2,(H,28,31). The quantitative estimate of drug-likeness (QED) is 0.539. The summed E-state index contributed by atoms with van der Waals surface area (Å²) in [5, 5.41) is 16.5. The highest BCUT2D eigenvalue weighted by atomic mass is 19.2. The van der Waals surface area contributed by atoms with Gasteiger partial charge in [-0.3, -0.25) is 4.79 Å². The van der Waals surface area contributed by atoms with Gasteiger partial charge in [0.2, 0.25) is 5.91 Å². The molecule has 3 rings (SSSR count). The van der Waals surface area contributed by atoms with Crippen LogP contribution in [0.4, 0.5) is 19.0 Å². The van der Waals surface area contributed by atoms with Gasteiger partial charge in [-0.2, -0.15) is 10.4 Å². The number of carbonyl (C=O) groups is 1. The highest BCUT2D eigenvalue weighted by Gasteiger charge is 2.16. The summed E-state index contributed by atoms with van der Waals surface area (Å²) in [7, 11) is 0. The number of nitrogens with two attached hydrogens (primary N) is 1. The lowest BCUT2D eigenvalue weighted by atomic mass is 10.1. The molecule has 1 amide bonds. The Labute approximate surface area is 177 Å². The molecule has 0 atom stereocenters. The Morgan fingerprint density at radius 3 is 2.52 bits per heavy atom. The van der Waals surface area contributed by atoms with Gasteiger partial charge in [0, 0.05) is 13.0 Å². The summed E-state index contributed by atoms with van der Waals surface area (Å²) in [5.41, 5.74) is 7.82. The second-order valence-electron chi connectivity index (χ2n) is 6.91. The Morgan fingerprint density at radius 1 is 1.10 bits per heavy atom. The van der Waals surface area contributed by atoms with Crippen LogP contribution in [0, 0.1) is 28.8 Å². The van der Waals surface area contributed by atoms with Crippen molar-refractivity contribution in [1.82, 2.24) is 15.1 Å². The Morgan fingerprint density at radius 2 is 1.84 bits per heavy atom. The van der Waals surface area contributed by atoms with E-state index in [1.54, 1.807) is 0 Å². The van der Waals surface area contributed by atoms with Gasteiger partial charge >= 0.3 is 0 Å². The summed E-state index contributed by atoms with van der Waals surface area (Å²) in [6.45, 7) is 0.352. The second-order valence-corrected chi connectivity index (χ2v) is 6.91. The van der Waals surface area contributed by atoms with Gasteiger partial charge in [0.25, 0.3) is 0 Å². The van der Waals surface area contributed by atoms with Crippen molar-refractivity contribution in [3.8, 4) is 11.8 Å². The van der Waals surface area contributed by atoms with Crippen molar-refractivity contribution in [1.29, 1.82) is 5.26 Å². The van der Waals surface area contributed by atoms with Gasteiger partial charge in [0.1, 0.15) is 23.3 Å². The number of nitriles is 1. The van der Waals surface area contributed by atoms with Crippen LogP contribution in [-0.4, -0.2) is 22.2 Å². The third-order valence-electron chi connectivity index (χ3n) is 4.71. The summed E-state index contributed by atoms with van der Waals surface area (Å²) < 4.78 is 40.6. The van der Waals surface area contributed by atoms with E-state index in [1.807, 2.05) is 6.07 Å². The van der Waals surface area contributed by atoms with E-state index in [9.17, 15) is 23.2 Å². The minimum Gasteiger partial charge on any atom is -0.382 e. The smallest absolute Gasteiger partial charge is 0.220 e. The fourth-order valence-electron chi connectivity index (χ4n) is 3.08. The number of rotatable bonds is 8. The number of halogens is 3. The fourth-order valence-corrected chi connectivity index (χ4v) is 3.08. The highest BCUT2D eigenvalue weighted by Crippen LogP contribution is 2.21. The molecule has 0 saturated carbocycles. The fraction of sp³-hybridized carbons (Fsp3) is 0.227. The molecule has 0 spiro atoms. The van der Waals surface area contributed by atoms with E-state index in [0.29, 0.717) is 42.8 Å². The van der Waals surface area contributed by atoms with E-state index in [1.165, 1.54) is 35.0 Å². The minimum atomic E-state index is -0.939. The lowest BCUT2D eigenvalue weighted by Crippen LogP contribution is -2.25. The number of amides is 1. The molecule has 0 aliphatic rings. The maximum Gasteiger partial charge on any atom is 0.220 e. The summed E-state index contributed by atoms with van der Waals surface area (Å²) in [4.78, 5) is 12.0. The molecule has 0 unspecified atom stereocenters. The van der Waals surface area contributed by atoms with Crippen molar-refractivity contribution in [2.24, 2.45) is 0 Å². The van der Waals surface area contributed by atoms with Gasteiger partial charge in [0.15, 0.2) is 11.6 Å². The number of benzene rings is 2. The number of aryl methyl sites for hydroxylation is 2. The highest BCUT2D eigenvalue weighted by molar-refractivity contribution is 5.76. The maximum atomic E-state index is 13.2. The zero-order chi connectivity index (χ0) is 22.4. The SMILES string of the molecule is N#Cc1c(CCCNC(=O)CCc2ccc(F)c(F)c2)nn(-c2ccc(F)cc2)c1N. The molecule has 9 heteroatoms. The first-order valence-corrected chi connectivity index (χ1v) is 9.63. The van der Waals surface area contributed by atoms with E-state index in [-0.39, 0.29) is 23.7 Å². The maximum absolute atomic E-state index is 13.2. The summed E-state index contributed by atoms with van der Waals surface area (Å²) in [5.74, 6) is -2.31. The number of carbonyl (C=O) groups excluding carboxylic acids is 1. The van der Waals surface area contributed by atoms with Crippen LogP contribution >= 0.6 is 0 Å². The lowest BCUT2D eigenvalue weighted by molar-refractivity contribution is -0.121. The third-order valence-corrected chi connectivity index (χ3v) is 4.71. The van der Waals surface area contributed by atoms with E-state index in [4.69, 9.17) is 5.73 Å². The molecule has 160 valence electrons. The predicted molar refractivity (Wildman–Crippen MR) is 109 cm³/mol. The summed E-state index contributed by atoms with van der Waals surface area (Å²) in [6, 6.07) is 11.2. The molecule has 31 heavy (non-hydrogen) atoms. The molecule has 0 aliphatic heterocycles. The first kappa shape index (κ1) is 21.9. The van der Waals surface area contributed by atoms with E-state index >= 15 is 0 Å². The molecule has 1 aromatic heterocycles. The van der Waals surface area contributed by atoms with Crippen molar-refractivity contribution in [3.05, 3.63) is 76.7 Å². The van der Waals surface area contributed by atoms with Crippen molar-refractivity contribution in [2.75, 3.05) is 12.3 Å². The molecule has 1 heterocycles. The van der Waals surface area contributed by atoms with Crippen molar-refractivity contribution < 1.29 is 18.0 Å². The van der Waals surface area contributed by atoms with E-state index in [2.05, 4.69) is 10.4 Å². The minimum absolute atomic E-state index is 0.140. The van der Waals surface area contributed by atoms with Crippen LogP contribution in [0.15, 0.2) is 42.5 Å². The van der Waals surface area contributed by atoms with Gasteiger partial charge in [-0.1, -0.05) is 6.07 Å². The number of nitrogens with zero attached hydrogens (tertiary/aromatic N) is 3. The molecule has 0 bridgehead atoms. The topological polar surface area (TPSA) is 96.7 Å². The molecule has 3 N–H and O–H groups in total. The molecule has 3 aromatic rings. The van der Waals surface area contributed by atoms with Gasteiger partial charge in [-0.25, -0.2) is 17.9 Å². The Balaban J connectivity index is 1.51. The van der Waals surface area contributed by atoms with Crippen LogP contribution in [0.1, 0.15) is 29.7 Å². The number of nitrogens with one attached hydrogen (secondary N) is 1. The Kier molecular flexibility index (Phi) is 6.92. The number of aromatic nitrogens is 2. The number of nitrogen functional groups attached to an aromatic ring is 1. The van der Waals surface area contributed by atoms with Gasteiger partial charge in [-0.05, 0) is 61.2 Å². The Hall–Kier alpha value is -3.80. The zero-order valence-corrected chi connectivity index (χ0v) is 16.5. The van der Waals surface area contributed by atoms with Crippen molar-refractivity contribution in [2.45, 2.75) is 25.7 Å². The predicted octanol–water partition coefficient (Wildman–Crippen LogP) is 3.43. The average molecular weight is 427 g/mol. The van der Waals surface area contributed by atoms with Crippen LogP contribution < -0.4 is 11.1 Å². The first-order chi connectivity index (χ1) is 14.9. The molecule has 0 saturated heterocycles. The van der Waals surface area contributed by atoms with E-state index in [0.717, 1.165) is 12.1 Å². The van der Waals surface area contributed by atoms with Gasteiger partial charge in [0.05, 0.1) is 11.4 Å². The average Bonchev–Trinajstić information content (AvgIpc) is 3.07. The van der Waals surface area contributed by atoms with Crippen LogP contribution in [0.25, 0.3) is 5.69 Å². The zero-order valence-electron chi connectivity index (χ0n) is 16.5. The molecule has 2 aromatic carbocycles. The van der Waals surface area contributed by atoms with Crippen LogP contribution in [0.3, 0.4) is 0 Å². The Bertz CT molecular complexity index is 1120. The van der Waals surface area contributed by atoms with Crippen molar-refractivity contribution >= 4 is 11.7 Å². The molecule has 0 radical (unpaired) electrons. The monoisotopic (exact) mass is 427 g/mol. The number of hydrogen-bond acceptors (Lipinski definition) is 4. The van der Waals surface area contributed by atoms with E-state index < -0.39 is 17.5 Å². The van der Waals surface area contributed by atoms with Gasteiger partial charge in [-0.15, -0.1) is 0 Å². The van der Waals surface area contributed by atoms with Gasteiger partial charge < -0.3 is 11.1 Å². The van der Waals surface area contributed by atoms with Crippen molar-refractivity contribution in [3.63, 3.8) is 0 Å². The molecular weight excluding hydrogens is 407 g/mol.